The summed E-state index contributed by atoms with van der Waals surface area (Å²) >= 11 is 0. The number of nitrogens with zero attached hydrogens (tertiary/aromatic N) is 3. The number of carboxylic acids is 1. The van der Waals surface area contributed by atoms with E-state index in [0.29, 0.717) is 17.1 Å². The van der Waals surface area contributed by atoms with Gasteiger partial charge in [-0.15, -0.1) is 11.7 Å². The first-order valence-electron chi connectivity index (χ1n) is 5.88. The van der Waals surface area contributed by atoms with E-state index in [9.17, 15) is 9.90 Å². The van der Waals surface area contributed by atoms with Gasteiger partial charge in [0.15, 0.2) is 5.82 Å². The van der Waals surface area contributed by atoms with E-state index in [2.05, 4.69) is 16.8 Å². The van der Waals surface area contributed by atoms with Crippen LogP contribution in [0.1, 0.15) is 34.5 Å². The number of rotatable bonds is 6. The standard InChI is InChI=1S/C13H19N3O2/c1-5-6-7-8-16(4)12-11(13(17)18)9(2)10(3)14-15-12/h5H,1,6-8H2,2-4H3,(H,17,18). The summed E-state index contributed by atoms with van der Waals surface area (Å²) in [5.41, 5.74) is 1.56. The van der Waals surface area contributed by atoms with Crippen molar-refractivity contribution < 1.29 is 9.90 Å². The zero-order valence-corrected chi connectivity index (χ0v) is 11.1. The Morgan fingerprint density at radius 1 is 1.44 bits per heavy atom. The van der Waals surface area contributed by atoms with Gasteiger partial charge in [-0.2, -0.15) is 5.10 Å². The van der Waals surface area contributed by atoms with Gasteiger partial charge in [-0.05, 0) is 32.3 Å². The zero-order valence-electron chi connectivity index (χ0n) is 11.1. The van der Waals surface area contributed by atoms with Crippen molar-refractivity contribution in [3.05, 3.63) is 29.5 Å². The molecule has 0 aliphatic rings. The molecule has 0 aliphatic heterocycles. The molecular formula is C13H19N3O2. The molecule has 5 nitrogen and oxygen atoms in total. The number of allylic oxidation sites excluding steroid dienone is 1. The van der Waals surface area contributed by atoms with Gasteiger partial charge in [-0.3, -0.25) is 0 Å². The van der Waals surface area contributed by atoms with Gasteiger partial charge < -0.3 is 10.0 Å². The molecule has 1 N–H and O–H groups in total. The normalized spacial score (nSPS) is 10.2. The quantitative estimate of drug-likeness (QED) is 0.618. The zero-order chi connectivity index (χ0) is 13.7. The van der Waals surface area contributed by atoms with Crippen LogP contribution in [0.4, 0.5) is 5.82 Å². The molecule has 1 heterocycles. The monoisotopic (exact) mass is 249 g/mol. The van der Waals surface area contributed by atoms with E-state index in [1.165, 1.54) is 0 Å². The fraction of sp³-hybridized carbons (Fsp3) is 0.462. The third-order valence-corrected chi connectivity index (χ3v) is 2.91. The molecule has 18 heavy (non-hydrogen) atoms. The lowest BCUT2D eigenvalue weighted by Crippen LogP contribution is -2.24. The third-order valence-electron chi connectivity index (χ3n) is 2.91. The van der Waals surface area contributed by atoms with Crippen molar-refractivity contribution in [1.82, 2.24) is 10.2 Å². The van der Waals surface area contributed by atoms with Gasteiger partial charge in [-0.25, -0.2) is 4.79 Å². The fourth-order valence-corrected chi connectivity index (χ4v) is 1.70. The van der Waals surface area contributed by atoms with Crippen LogP contribution < -0.4 is 4.90 Å². The molecule has 5 heteroatoms. The second-order valence-electron chi connectivity index (χ2n) is 4.27. The van der Waals surface area contributed by atoms with Crippen molar-refractivity contribution in [2.24, 2.45) is 0 Å². The molecule has 0 amide bonds. The van der Waals surface area contributed by atoms with Crippen LogP contribution in [0.2, 0.25) is 0 Å². The number of hydrogen-bond donors (Lipinski definition) is 1. The average Bonchev–Trinajstić information content (AvgIpc) is 2.32. The highest BCUT2D eigenvalue weighted by Crippen LogP contribution is 2.21. The number of anilines is 1. The Morgan fingerprint density at radius 3 is 2.67 bits per heavy atom. The number of hydrogen-bond acceptors (Lipinski definition) is 4. The van der Waals surface area contributed by atoms with Crippen molar-refractivity contribution >= 4 is 11.8 Å². The van der Waals surface area contributed by atoms with Gasteiger partial charge >= 0.3 is 5.97 Å². The van der Waals surface area contributed by atoms with Crippen molar-refractivity contribution in [2.75, 3.05) is 18.5 Å². The summed E-state index contributed by atoms with van der Waals surface area (Å²) in [6, 6.07) is 0. The highest BCUT2D eigenvalue weighted by atomic mass is 16.4. The van der Waals surface area contributed by atoms with Crippen molar-refractivity contribution in [3.63, 3.8) is 0 Å². The van der Waals surface area contributed by atoms with E-state index < -0.39 is 5.97 Å². The van der Waals surface area contributed by atoms with E-state index in [0.717, 1.165) is 19.4 Å². The predicted molar refractivity (Wildman–Crippen MR) is 71.2 cm³/mol. The minimum Gasteiger partial charge on any atom is -0.478 e. The second-order valence-corrected chi connectivity index (χ2v) is 4.27. The Labute approximate surface area is 107 Å². The molecule has 0 unspecified atom stereocenters. The number of aromatic carboxylic acids is 1. The third kappa shape index (κ3) is 3.06. The van der Waals surface area contributed by atoms with Crippen LogP contribution in [-0.2, 0) is 0 Å². The molecular weight excluding hydrogens is 230 g/mol. The van der Waals surface area contributed by atoms with Crippen LogP contribution in [0, 0.1) is 13.8 Å². The summed E-state index contributed by atoms with van der Waals surface area (Å²) in [5.74, 6) is -0.536. The maximum Gasteiger partial charge on any atom is 0.339 e. The first-order chi connectivity index (χ1) is 8.49. The van der Waals surface area contributed by atoms with Crippen molar-refractivity contribution in [1.29, 1.82) is 0 Å². The van der Waals surface area contributed by atoms with E-state index in [4.69, 9.17) is 0 Å². The van der Waals surface area contributed by atoms with Crippen molar-refractivity contribution in [3.8, 4) is 0 Å². The lowest BCUT2D eigenvalue weighted by atomic mass is 10.1. The molecule has 0 saturated carbocycles. The van der Waals surface area contributed by atoms with Crippen LogP contribution in [0.15, 0.2) is 12.7 Å². The molecule has 0 aromatic carbocycles. The molecule has 98 valence electrons. The molecule has 0 radical (unpaired) electrons. The number of aromatic nitrogens is 2. The molecule has 1 aromatic heterocycles. The SMILES string of the molecule is C=CCCCN(C)c1nnc(C)c(C)c1C(=O)O. The second kappa shape index (κ2) is 6.14. The highest BCUT2D eigenvalue weighted by molar-refractivity contribution is 5.95. The fourth-order valence-electron chi connectivity index (χ4n) is 1.70. The van der Waals surface area contributed by atoms with Gasteiger partial charge in [0.2, 0.25) is 0 Å². The summed E-state index contributed by atoms with van der Waals surface area (Å²) < 4.78 is 0. The molecule has 0 aliphatic carbocycles. The maximum atomic E-state index is 11.3. The van der Waals surface area contributed by atoms with Crippen LogP contribution in [0.25, 0.3) is 0 Å². The van der Waals surface area contributed by atoms with Gasteiger partial charge in [0.1, 0.15) is 5.56 Å². The Hall–Kier alpha value is -1.91. The Morgan fingerprint density at radius 2 is 2.11 bits per heavy atom. The predicted octanol–water partition coefficient (Wildman–Crippen LogP) is 2.19. The lowest BCUT2D eigenvalue weighted by molar-refractivity contribution is 0.0696. The molecule has 0 spiro atoms. The molecule has 0 bridgehead atoms. The Balaban J connectivity index is 3.04. The number of carboxylic acid groups (broad SMARTS) is 1. The van der Waals surface area contributed by atoms with Crippen molar-refractivity contribution in [2.45, 2.75) is 26.7 Å². The smallest absolute Gasteiger partial charge is 0.339 e. The van der Waals surface area contributed by atoms with E-state index in [1.54, 1.807) is 13.8 Å². The highest BCUT2D eigenvalue weighted by Gasteiger charge is 2.20. The number of carbonyl (C=O) groups is 1. The topological polar surface area (TPSA) is 66.3 Å². The minimum absolute atomic E-state index is 0.239. The van der Waals surface area contributed by atoms with Gasteiger partial charge in [-0.1, -0.05) is 6.08 Å². The number of unbranched alkanes of at least 4 members (excludes halogenated alkanes) is 1. The average molecular weight is 249 g/mol. The maximum absolute atomic E-state index is 11.3. The molecule has 0 saturated heterocycles. The summed E-state index contributed by atoms with van der Waals surface area (Å²) in [5, 5.41) is 17.3. The first-order valence-corrected chi connectivity index (χ1v) is 5.88. The van der Waals surface area contributed by atoms with Gasteiger partial charge in [0.25, 0.3) is 0 Å². The molecule has 0 atom stereocenters. The minimum atomic E-state index is -0.962. The first kappa shape index (κ1) is 14.2. The Bertz CT molecular complexity index is 458. The summed E-state index contributed by atoms with van der Waals surface area (Å²) in [7, 11) is 1.83. The molecule has 0 fully saturated rings. The Kier molecular flexibility index (Phi) is 4.83. The summed E-state index contributed by atoms with van der Waals surface area (Å²) in [4.78, 5) is 13.1. The van der Waals surface area contributed by atoms with Gasteiger partial charge in [0, 0.05) is 13.6 Å². The lowest BCUT2D eigenvalue weighted by Gasteiger charge is -2.20. The van der Waals surface area contributed by atoms with Crippen LogP contribution >= 0.6 is 0 Å². The molecule has 1 rings (SSSR count). The van der Waals surface area contributed by atoms with E-state index in [1.807, 2.05) is 18.0 Å². The molecule has 1 aromatic rings. The summed E-state index contributed by atoms with van der Waals surface area (Å²) in [6.07, 6.45) is 3.65. The van der Waals surface area contributed by atoms with E-state index in [-0.39, 0.29) is 5.56 Å². The largest absolute Gasteiger partial charge is 0.478 e. The van der Waals surface area contributed by atoms with E-state index >= 15 is 0 Å². The number of aryl methyl sites for hydroxylation is 1. The van der Waals surface area contributed by atoms with Gasteiger partial charge in [0.05, 0.1) is 5.69 Å². The summed E-state index contributed by atoms with van der Waals surface area (Å²) in [6.45, 7) is 7.91. The van der Waals surface area contributed by atoms with Crippen LogP contribution in [-0.4, -0.2) is 34.9 Å². The van der Waals surface area contributed by atoms with Crippen LogP contribution in [0.3, 0.4) is 0 Å². The van der Waals surface area contributed by atoms with Crippen LogP contribution in [0.5, 0.6) is 0 Å².